The average molecular weight is 187 g/mol. The standard InChI is InChI=1S/C8H11ClN2O/c9-5-8(12)11-4-2-1-3-7(11)6-10/h7H,1-5H2. The van der Waals surface area contributed by atoms with Gasteiger partial charge in [-0.3, -0.25) is 4.79 Å². The van der Waals surface area contributed by atoms with Gasteiger partial charge in [0.25, 0.3) is 0 Å². The molecule has 3 nitrogen and oxygen atoms in total. The normalized spacial score (nSPS) is 23.3. The Bertz CT molecular complexity index is 212. The highest BCUT2D eigenvalue weighted by Crippen LogP contribution is 2.16. The molecule has 66 valence electrons. The quantitative estimate of drug-likeness (QED) is 0.577. The first-order valence-electron chi connectivity index (χ1n) is 4.04. The molecule has 1 unspecified atom stereocenters. The zero-order valence-corrected chi connectivity index (χ0v) is 7.55. The summed E-state index contributed by atoms with van der Waals surface area (Å²) in [6.07, 6.45) is 2.81. The van der Waals surface area contributed by atoms with Gasteiger partial charge >= 0.3 is 0 Å². The number of likely N-dealkylation sites (tertiary alicyclic amines) is 1. The van der Waals surface area contributed by atoms with Crippen LogP contribution in [0, 0.1) is 11.3 Å². The van der Waals surface area contributed by atoms with E-state index in [4.69, 9.17) is 16.9 Å². The predicted octanol–water partition coefficient (Wildman–Crippen LogP) is 1.13. The maximum absolute atomic E-state index is 11.2. The summed E-state index contributed by atoms with van der Waals surface area (Å²) in [5.74, 6) is -0.138. The van der Waals surface area contributed by atoms with E-state index >= 15 is 0 Å². The molecule has 0 spiro atoms. The third-order valence-corrected chi connectivity index (χ3v) is 2.32. The van der Waals surface area contributed by atoms with Crippen molar-refractivity contribution >= 4 is 17.5 Å². The number of carbonyl (C=O) groups is 1. The van der Waals surface area contributed by atoms with Crippen molar-refractivity contribution in [1.29, 1.82) is 5.26 Å². The van der Waals surface area contributed by atoms with E-state index in [-0.39, 0.29) is 17.8 Å². The number of rotatable bonds is 1. The maximum Gasteiger partial charge on any atom is 0.238 e. The summed E-state index contributed by atoms with van der Waals surface area (Å²) in [5.41, 5.74) is 0. The Labute approximate surface area is 76.9 Å². The number of carbonyl (C=O) groups excluding carboxylic acids is 1. The van der Waals surface area contributed by atoms with Crippen LogP contribution in [-0.4, -0.2) is 29.3 Å². The van der Waals surface area contributed by atoms with Crippen molar-refractivity contribution in [1.82, 2.24) is 4.90 Å². The number of piperidine rings is 1. The molecule has 1 aliphatic heterocycles. The third-order valence-electron chi connectivity index (χ3n) is 2.09. The summed E-state index contributed by atoms with van der Waals surface area (Å²) in [7, 11) is 0. The molecule has 4 heteroatoms. The number of halogens is 1. The van der Waals surface area contributed by atoms with Gasteiger partial charge in [0.15, 0.2) is 0 Å². The molecule has 1 heterocycles. The van der Waals surface area contributed by atoms with E-state index in [9.17, 15) is 4.79 Å². The fourth-order valence-electron chi connectivity index (χ4n) is 1.44. The van der Waals surface area contributed by atoms with Crippen LogP contribution in [0.2, 0.25) is 0 Å². The molecule has 12 heavy (non-hydrogen) atoms. The van der Waals surface area contributed by atoms with Gasteiger partial charge in [-0.25, -0.2) is 0 Å². The van der Waals surface area contributed by atoms with Gasteiger partial charge in [-0.2, -0.15) is 5.26 Å². The van der Waals surface area contributed by atoms with E-state index in [0.29, 0.717) is 6.54 Å². The lowest BCUT2D eigenvalue weighted by molar-refractivity contribution is -0.130. The van der Waals surface area contributed by atoms with Gasteiger partial charge in [0.2, 0.25) is 5.91 Å². The topological polar surface area (TPSA) is 44.1 Å². The van der Waals surface area contributed by atoms with Gasteiger partial charge in [0.05, 0.1) is 6.07 Å². The SMILES string of the molecule is N#CC1CCCCN1C(=O)CCl. The lowest BCUT2D eigenvalue weighted by atomic mass is 10.0. The zero-order chi connectivity index (χ0) is 8.97. The molecule has 0 aromatic heterocycles. The Balaban J connectivity index is 2.60. The minimum Gasteiger partial charge on any atom is -0.326 e. The van der Waals surface area contributed by atoms with Crippen molar-refractivity contribution in [2.24, 2.45) is 0 Å². The minimum absolute atomic E-state index is 0.0157. The smallest absolute Gasteiger partial charge is 0.238 e. The number of hydrogen-bond donors (Lipinski definition) is 0. The van der Waals surface area contributed by atoms with Crippen LogP contribution in [0.15, 0.2) is 0 Å². The molecule has 1 atom stereocenters. The van der Waals surface area contributed by atoms with Crippen LogP contribution in [-0.2, 0) is 4.79 Å². The predicted molar refractivity (Wildman–Crippen MR) is 45.7 cm³/mol. The summed E-state index contributed by atoms with van der Waals surface area (Å²) >= 11 is 5.41. The Morgan fingerprint density at radius 2 is 2.42 bits per heavy atom. The zero-order valence-electron chi connectivity index (χ0n) is 6.79. The van der Waals surface area contributed by atoms with Crippen molar-refractivity contribution in [3.63, 3.8) is 0 Å². The Morgan fingerprint density at radius 3 is 3.00 bits per heavy atom. The Kier molecular flexibility index (Phi) is 3.36. The first kappa shape index (κ1) is 9.34. The summed E-state index contributed by atoms with van der Waals surface area (Å²) < 4.78 is 0. The van der Waals surface area contributed by atoms with Crippen LogP contribution in [0.25, 0.3) is 0 Å². The number of nitrogens with zero attached hydrogens (tertiary/aromatic N) is 2. The van der Waals surface area contributed by atoms with E-state index < -0.39 is 0 Å². The number of hydrogen-bond acceptors (Lipinski definition) is 2. The highest BCUT2D eigenvalue weighted by Gasteiger charge is 2.25. The lowest BCUT2D eigenvalue weighted by Gasteiger charge is -2.30. The molecule has 0 aliphatic carbocycles. The van der Waals surface area contributed by atoms with Crippen LogP contribution < -0.4 is 0 Å². The van der Waals surface area contributed by atoms with Crippen LogP contribution in [0.4, 0.5) is 0 Å². The molecule has 0 bridgehead atoms. The minimum atomic E-state index is -0.245. The first-order valence-corrected chi connectivity index (χ1v) is 4.58. The summed E-state index contributed by atoms with van der Waals surface area (Å²) in [5, 5.41) is 8.72. The fraction of sp³-hybridized carbons (Fsp3) is 0.750. The van der Waals surface area contributed by atoms with Crippen LogP contribution in [0.5, 0.6) is 0 Å². The summed E-state index contributed by atoms with van der Waals surface area (Å²) in [6.45, 7) is 0.684. The van der Waals surface area contributed by atoms with Gasteiger partial charge in [0, 0.05) is 6.54 Å². The van der Waals surface area contributed by atoms with Crippen molar-refractivity contribution in [2.75, 3.05) is 12.4 Å². The molecule has 1 saturated heterocycles. The molecular formula is C8H11ClN2O. The number of nitriles is 1. The van der Waals surface area contributed by atoms with Gasteiger partial charge in [-0.15, -0.1) is 11.6 Å². The second kappa shape index (κ2) is 4.32. The Morgan fingerprint density at radius 1 is 1.67 bits per heavy atom. The first-order chi connectivity index (χ1) is 5.79. The fourth-order valence-corrected chi connectivity index (χ4v) is 1.59. The number of alkyl halides is 1. The Hall–Kier alpha value is -0.750. The van der Waals surface area contributed by atoms with Gasteiger partial charge in [0.1, 0.15) is 11.9 Å². The molecule has 0 radical (unpaired) electrons. The molecule has 1 rings (SSSR count). The second-order valence-electron chi connectivity index (χ2n) is 2.86. The molecule has 1 amide bonds. The molecule has 1 fully saturated rings. The molecule has 0 saturated carbocycles. The van der Waals surface area contributed by atoms with E-state index in [2.05, 4.69) is 6.07 Å². The van der Waals surface area contributed by atoms with E-state index in [1.807, 2.05) is 0 Å². The maximum atomic E-state index is 11.2. The monoisotopic (exact) mass is 186 g/mol. The second-order valence-corrected chi connectivity index (χ2v) is 3.13. The van der Waals surface area contributed by atoms with Crippen molar-refractivity contribution in [3.05, 3.63) is 0 Å². The molecule has 0 aromatic rings. The van der Waals surface area contributed by atoms with E-state index in [1.54, 1.807) is 4.90 Å². The molecule has 0 aromatic carbocycles. The van der Waals surface area contributed by atoms with Crippen molar-refractivity contribution < 1.29 is 4.79 Å². The van der Waals surface area contributed by atoms with Crippen molar-refractivity contribution in [2.45, 2.75) is 25.3 Å². The highest BCUT2D eigenvalue weighted by molar-refractivity contribution is 6.27. The molecule has 0 N–H and O–H groups in total. The van der Waals surface area contributed by atoms with Crippen molar-refractivity contribution in [3.8, 4) is 6.07 Å². The average Bonchev–Trinajstić information content (AvgIpc) is 2.16. The highest BCUT2D eigenvalue weighted by atomic mass is 35.5. The van der Waals surface area contributed by atoms with Gasteiger partial charge < -0.3 is 4.90 Å². The van der Waals surface area contributed by atoms with Gasteiger partial charge in [-0.05, 0) is 19.3 Å². The van der Waals surface area contributed by atoms with Crippen LogP contribution in [0.3, 0.4) is 0 Å². The number of amides is 1. The van der Waals surface area contributed by atoms with Crippen LogP contribution in [0.1, 0.15) is 19.3 Å². The van der Waals surface area contributed by atoms with E-state index in [0.717, 1.165) is 19.3 Å². The van der Waals surface area contributed by atoms with Gasteiger partial charge in [-0.1, -0.05) is 0 Å². The van der Waals surface area contributed by atoms with E-state index in [1.165, 1.54) is 0 Å². The summed E-state index contributed by atoms with van der Waals surface area (Å²) in [6, 6.07) is 1.87. The molecular weight excluding hydrogens is 176 g/mol. The lowest BCUT2D eigenvalue weighted by Crippen LogP contribution is -2.43. The largest absolute Gasteiger partial charge is 0.326 e. The third kappa shape index (κ3) is 1.89. The molecule has 1 aliphatic rings. The summed E-state index contributed by atoms with van der Waals surface area (Å²) in [4.78, 5) is 12.8. The van der Waals surface area contributed by atoms with Crippen LogP contribution >= 0.6 is 11.6 Å².